The Labute approximate surface area is 101 Å². The van der Waals surface area contributed by atoms with E-state index in [1.807, 2.05) is 0 Å². The first-order valence-electron chi connectivity index (χ1n) is 4.62. The van der Waals surface area contributed by atoms with E-state index in [-0.39, 0.29) is 11.5 Å². The molecular weight excluding hydrogens is 282 g/mol. The van der Waals surface area contributed by atoms with Crippen molar-refractivity contribution in [1.82, 2.24) is 0 Å². The predicted molar refractivity (Wildman–Crippen MR) is 60.2 cm³/mol. The van der Waals surface area contributed by atoms with Crippen LogP contribution in [0.5, 0.6) is 5.75 Å². The van der Waals surface area contributed by atoms with E-state index in [2.05, 4.69) is 20.7 Å². The molecule has 0 aliphatic rings. The minimum atomic E-state index is -2.90. The van der Waals surface area contributed by atoms with E-state index in [1.54, 1.807) is 25.1 Å². The van der Waals surface area contributed by atoms with Crippen molar-refractivity contribution >= 4 is 21.7 Å². The van der Waals surface area contributed by atoms with Crippen molar-refractivity contribution < 1.29 is 18.3 Å². The Kier molecular flexibility index (Phi) is 4.41. The van der Waals surface area contributed by atoms with Crippen LogP contribution in [0.3, 0.4) is 0 Å². The third-order valence-corrected chi connectivity index (χ3v) is 3.22. The van der Waals surface area contributed by atoms with Crippen LogP contribution in [-0.4, -0.2) is 12.4 Å². The molecule has 0 aliphatic heterocycles. The van der Waals surface area contributed by atoms with Gasteiger partial charge in [-0.2, -0.15) is 8.78 Å². The quantitative estimate of drug-likeness (QED) is 0.792. The highest BCUT2D eigenvalue weighted by Crippen LogP contribution is 2.35. The van der Waals surface area contributed by atoms with Crippen molar-refractivity contribution in [3.63, 3.8) is 0 Å². The number of carbonyl (C=O) groups is 1. The molecule has 5 heteroatoms. The monoisotopic (exact) mass is 292 g/mol. The standard InChI is InChI=1S/C11H11BrF2O2/c1-6-4-3-5-8(9(12)7(2)15)10(6)16-11(13)14/h3-5,9,11H,1-2H3. The van der Waals surface area contributed by atoms with Gasteiger partial charge >= 0.3 is 6.61 Å². The van der Waals surface area contributed by atoms with Crippen LogP contribution in [0.15, 0.2) is 18.2 Å². The number of alkyl halides is 3. The normalized spacial score (nSPS) is 12.6. The van der Waals surface area contributed by atoms with E-state index in [0.29, 0.717) is 11.1 Å². The smallest absolute Gasteiger partial charge is 0.387 e. The molecule has 0 N–H and O–H groups in total. The summed E-state index contributed by atoms with van der Waals surface area (Å²) < 4.78 is 28.9. The zero-order valence-electron chi connectivity index (χ0n) is 8.84. The Hall–Kier alpha value is -0.970. The summed E-state index contributed by atoms with van der Waals surface area (Å²) in [4.78, 5) is 10.6. The van der Waals surface area contributed by atoms with Crippen LogP contribution < -0.4 is 4.74 Å². The number of benzene rings is 1. The number of carbonyl (C=O) groups excluding carboxylic acids is 1. The Morgan fingerprint density at radius 3 is 2.56 bits per heavy atom. The van der Waals surface area contributed by atoms with Crippen LogP contribution >= 0.6 is 15.9 Å². The van der Waals surface area contributed by atoms with Gasteiger partial charge in [-0.25, -0.2) is 0 Å². The third kappa shape index (κ3) is 3.01. The maximum Gasteiger partial charge on any atom is 0.387 e. The zero-order valence-corrected chi connectivity index (χ0v) is 10.4. The van der Waals surface area contributed by atoms with Crippen molar-refractivity contribution in [2.45, 2.75) is 25.3 Å². The van der Waals surface area contributed by atoms with E-state index in [9.17, 15) is 13.6 Å². The van der Waals surface area contributed by atoms with Crippen LogP contribution in [0.25, 0.3) is 0 Å². The molecule has 2 nitrogen and oxygen atoms in total. The largest absolute Gasteiger partial charge is 0.434 e. The molecule has 0 aromatic heterocycles. The molecule has 0 aliphatic carbocycles. The van der Waals surface area contributed by atoms with Gasteiger partial charge in [0.05, 0.1) is 0 Å². The van der Waals surface area contributed by atoms with E-state index in [0.717, 1.165) is 0 Å². The minimum absolute atomic E-state index is 0.0644. The summed E-state index contributed by atoms with van der Waals surface area (Å²) in [5, 5.41) is 0. The molecule has 0 heterocycles. The SMILES string of the molecule is CC(=O)C(Br)c1cccc(C)c1OC(F)F. The second-order valence-corrected chi connectivity index (χ2v) is 4.26. The molecule has 0 radical (unpaired) electrons. The van der Waals surface area contributed by atoms with Gasteiger partial charge < -0.3 is 4.74 Å². The van der Waals surface area contributed by atoms with Crippen molar-refractivity contribution in [3.8, 4) is 5.75 Å². The van der Waals surface area contributed by atoms with Gasteiger partial charge in [-0.15, -0.1) is 0 Å². The second-order valence-electron chi connectivity index (χ2n) is 3.34. The Balaban J connectivity index is 3.17. The zero-order chi connectivity index (χ0) is 12.3. The summed E-state index contributed by atoms with van der Waals surface area (Å²) >= 11 is 3.15. The number of hydrogen-bond acceptors (Lipinski definition) is 2. The number of rotatable bonds is 4. The van der Waals surface area contributed by atoms with Gasteiger partial charge in [-0.3, -0.25) is 4.79 Å². The van der Waals surface area contributed by atoms with Crippen molar-refractivity contribution in [2.24, 2.45) is 0 Å². The first kappa shape index (κ1) is 13.1. The molecule has 0 amide bonds. The maximum absolute atomic E-state index is 12.2. The first-order valence-corrected chi connectivity index (χ1v) is 5.54. The van der Waals surface area contributed by atoms with Gasteiger partial charge in [0.1, 0.15) is 16.4 Å². The number of ether oxygens (including phenoxy) is 1. The van der Waals surface area contributed by atoms with Crippen molar-refractivity contribution in [3.05, 3.63) is 29.3 Å². The molecule has 0 bridgehead atoms. The lowest BCUT2D eigenvalue weighted by molar-refractivity contribution is -0.116. The van der Waals surface area contributed by atoms with E-state index in [1.165, 1.54) is 6.92 Å². The lowest BCUT2D eigenvalue weighted by Crippen LogP contribution is -2.09. The van der Waals surface area contributed by atoms with Gasteiger partial charge in [-0.05, 0) is 19.4 Å². The van der Waals surface area contributed by atoms with Crippen LogP contribution in [0.1, 0.15) is 22.9 Å². The van der Waals surface area contributed by atoms with Crippen molar-refractivity contribution in [1.29, 1.82) is 0 Å². The Morgan fingerprint density at radius 2 is 2.06 bits per heavy atom. The highest BCUT2D eigenvalue weighted by atomic mass is 79.9. The molecular formula is C11H11BrF2O2. The van der Waals surface area contributed by atoms with Crippen LogP contribution in [0.2, 0.25) is 0 Å². The van der Waals surface area contributed by atoms with Gasteiger partial charge in [0, 0.05) is 5.56 Å². The fourth-order valence-electron chi connectivity index (χ4n) is 1.34. The number of aryl methyl sites for hydroxylation is 1. The summed E-state index contributed by atoms with van der Waals surface area (Å²) in [7, 11) is 0. The lowest BCUT2D eigenvalue weighted by Gasteiger charge is -2.15. The van der Waals surface area contributed by atoms with Crippen molar-refractivity contribution in [2.75, 3.05) is 0 Å². The molecule has 1 aromatic carbocycles. The van der Waals surface area contributed by atoms with Crippen LogP contribution in [-0.2, 0) is 4.79 Å². The lowest BCUT2D eigenvalue weighted by atomic mass is 10.1. The molecule has 1 aromatic rings. The number of halogens is 3. The van der Waals surface area contributed by atoms with Gasteiger partial charge in [0.25, 0.3) is 0 Å². The van der Waals surface area contributed by atoms with E-state index in [4.69, 9.17) is 0 Å². The molecule has 1 atom stereocenters. The molecule has 16 heavy (non-hydrogen) atoms. The number of para-hydroxylation sites is 1. The molecule has 88 valence electrons. The maximum atomic E-state index is 12.2. The molecule has 0 spiro atoms. The summed E-state index contributed by atoms with van der Waals surface area (Å²) in [6, 6.07) is 4.94. The molecule has 1 rings (SSSR count). The molecule has 0 fully saturated rings. The summed E-state index contributed by atoms with van der Waals surface area (Å²) in [6.07, 6.45) is 0. The Morgan fingerprint density at radius 1 is 1.44 bits per heavy atom. The van der Waals surface area contributed by atoms with Gasteiger partial charge in [-0.1, -0.05) is 34.1 Å². The van der Waals surface area contributed by atoms with Crippen LogP contribution in [0, 0.1) is 6.92 Å². The fraction of sp³-hybridized carbons (Fsp3) is 0.364. The van der Waals surface area contributed by atoms with Crippen LogP contribution in [0.4, 0.5) is 8.78 Å². The minimum Gasteiger partial charge on any atom is -0.434 e. The van der Waals surface area contributed by atoms with Gasteiger partial charge in [0.15, 0.2) is 0 Å². The predicted octanol–water partition coefficient (Wildman–Crippen LogP) is 3.62. The van der Waals surface area contributed by atoms with E-state index >= 15 is 0 Å². The number of Topliss-reactive ketones (excluding diaryl/α,β-unsaturated/α-hetero) is 1. The van der Waals surface area contributed by atoms with E-state index < -0.39 is 11.4 Å². The summed E-state index contributed by atoms with van der Waals surface area (Å²) in [5.74, 6) is -0.0979. The highest BCUT2D eigenvalue weighted by Gasteiger charge is 2.20. The average Bonchev–Trinajstić information content (AvgIpc) is 2.19. The molecule has 0 saturated carbocycles. The summed E-state index contributed by atoms with van der Waals surface area (Å²) in [5.41, 5.74) is 0.997. The summed E-state index contributed by atoms with van der Waals surface area (Å²) in [6.45, 7) is 0.140. The molecule has 0 saturated heterocycles. The fourth-order valence-corrected chi connectivity index (χ4v) is 1.70. The Bertz CT molecular complexity index is 394. The number of hydrogen-bond donors (Lipinski definition) is 0. The average molecular weight is 293 g/mol. The van der Waals surface area contributed by atoms with Gasteiger partial charge in [0.2, 0.25) is 0 Å². The molecule has 1 unspecified atom stereocenters. The first-order chi connectivity index (χ1) is 7.43. The highest BCUT2D eigenvalue weighted by molar-refractivity contribution is 9.09. The number of ketones is 1. The topological polar surface area (TPSA) is 26.3 Å². The third-order valence-electron chi connectivity index (χ3n) is 2.08. The second kappa shape index (κ2) is 5.39.